The second-order valence-electron chi connectivity index (χ2n) is 3.67. The van der Waals surface area contributed by atoms with Crippen molar-refractivity contribution in [3.05, 3.63) is 36.5 Å². The first-order valence-corrected chi connectivity index (χ1v) is 4.87. The monoisotopic (exact) mass is 186 g/mol. The van der Waals surface area contributed by atoms with E-state index in [1.54, 1.807) is 0 Å². The Hall–Kier alpha value is -1.57. The molecule has 0 aliphatic heterocycles. The first-order chi connectivity index (χ1) is 6.77. The lowest BCUT2D eigenvalue weighted by molar-refractivity contribution is 0.902. The van der Waals surface area contributed by atoms with Crippen LogP contribution in [0.4, 0.5) is 5.69 Å². The molecule has 2 heteroatoms. The predicted octanol–water partition coefficient (Wildman–Crippen LogP) is 3.06. The summed E-state index contributed by atoms with van der Waals surface area (Å²) in [5.41, 5.74) is 2.20. The largest absolute Gasteiger partial charge is 0.382 e. The summed E-state index contributed by atoms with van der Waals surface area (Å²) in [5, 5.41) is 4.59. The van der Waals surface area contributed by atoms with E-state index in [9.17, 15) is 0 Å². The highest BCUT2D eigenvalue weighted by Crippen LogP contribution is 2.21. The molecule has 0 atom stereocenters. The van der Waals surface area contributed by atoms with Crippen LogP contribution in [0.3, 0.4) is 0 Å². The lowest BCUT2D eigenvalue weighted by atomic mass is 10.1. The quantitative estimate of drug-likeness (QED) is 0.779. The molecule has 0 fully saturated rings. The number of aromatic nitrogens is 1. The van der Waals surface area contributed by atoms with Crippen LogP contribution in [0.5, 0.6) is 0 Å². The van der Waals surface area contributed by atoms with Crippen molar-refractivity contribution in [1.29, 1.82) is 0 Å². The fraction of sp³-hybridized carbons (Fsp3) is 0.250. The summed E-state index contributed by atoms with van der Waals surface area (Å²) in [5.74, 6) is 0. The minimum atomic E-state index is 0.445. The second-order valence-corrected chi connectivity index (χ2v) is 3.67. The summed E-state index contributed by atoms with van der Waals surface area (Å²) in [7, 11) is 0. The average molecular weight is 186 g/mol. The van der Waals surface area contributed by atoms with Crippen LogP contribution in [0.2, 0.25) is 0 Å². The van der Waals surface area contributed by atoms with Crippen molar-refractivity contribution in [2.45, 2.75) is 19.9 Å². The van der Waals surface area contributed by atoms with Gasteiger partial charge in [-0.1, -0.05) is 6.07 Å². The van der Waals surface area contributed by atoms with Gasteiger partial charge in [0.25, 0.3) is 0 Å². The molecule has 0 radical (unpaired) electrons. The number of nitrogens with zero attached hydrogens (tertiary/aromatic N) is 1. The smallest absolute Gasteiger partial charge is 0.0722 e. The standard InChI is InChI=1S/C12H14N2/c1-9(2)14-12-7-3-6-11-10(12)5-4-8-13-11/h3-9,14H,1-2H3. The number of nitrogens with one attached hydrogen (secondary N) is 1. The van der Waals surface area contributed by atoms with Crippen molar-refractivity contribution < 1.29 is 0 Å². The number of rotatable bonds is 2. The minimum absolute atomic E-state index is 0.445. The Labute approximate surface area is 84.0 Å². The molecule has 0 saturated heterocycles. The molecule has 2 aromatic rings. The van der Waals surface area contributed by atoms with Gasteiger partial charge in [-0.2, -0.15) is 0 Å². The van der Waals surface area contributed by atoms with Gasteiger partial charge in [0.05, 0.1) is 5.52 Å². The summed E-state index contributed by atoms with van der Waals surface area (Å²) in [6.45, 7) is 4.27. The molecule has 1 heterocycles. The maximum absolute atomic E-state index is 4.31. The van der Waals surface area contributed by atoms with Crippen LogP contribution in [0.25, 0.3) is 10.9 Å². The number of benzene rings is 1. The first kappa shape index (κ1) is 9.00. The van der Waals surface area contributed by atoms with Crippen molar-refractivity contribution in [2.24, 2.45) is 0 Å². The topological polar surface area (TPSA) is 24.9 Å². The first-order valence-electron chi connectivity index (χ1n) is 4.87. The van der Waals surface area contributed by atoms with Gasteiger partial charge in [-0.05, 0) is 38.1 Å². The number of anilines is 1. The molecule has 0 amide bonds. The van der Waals surface area contributed by atoms with Crippen LogP contribution in [0.1, 0.15) is 13.8 Å². The lowest BCUT2D eigenvalue weighted by Crippen LogP contribution is -2.09. The maximum Gasteiger partial charge on any atom is 0.0722 e. The van der Waals surface area contributed by atoms with Gasteiger partial charge < -0.3 is 5.32 Å². The summed E-state index contributed by atoms with van der Waals surface area (Å²) < 4.78 is 0. The summed E-state index contributed by atoms with van der Waals surface area (Å²) in [6.07, 6.45) is 1.82. The van der Waals surface area contributed by atoms with Gasteiger partial charge in [0.2, 0.25) is 0 Å². The van der Waals surface area contributed by atoms with E-state index in [4.69, 9.17) is 0 Å². The summed E-state index contributed by atoms with van der Waals surface area (Å²) in [6, 6.07) is 10.6. The van der Waals surface area contributed by atoms with E-state index in [1.807, 2.05) is 24.4 Å². The molecule has 1 aromatic heterocycles. The highest BCUT2D eigenvalue weighted by atomic mass is 14.9. The maximum atomic E-state index is 4.31. The molecule has 2 rings (SSSR count). The molecule has 2 nitrogen and oxygen atoms in total. The molecule has 0 aliphatic rings. The molecule has 72 valence electrons. The number of hydrogen-bond donors (Lipinski definition) is 1. The summed E-state index contributed by atoms with van der Waals surface area (Å²) in [4.78, 5) is 4.31. The van der Waals surface area contributed by atoms with Crippen LogP contribution in [0.15, 0.2) is 36.5 Å². The van der Waals surface area contributed by atoms with Gasteiger partial charge in [-0.3, -0.25) is 4.98 Å². The van der Waals surface area contributed by atoms with Crippen molar-refractivity contribution in [3.63, 3.8) is 0 Å². The fourth-order valence-corrected chi connectivity index (χ4v) is 1.54. The predicted molar refractivity (Wildman–Crippen MR) is 60.5 cm³/mol. The van der Waals surface area contributed by atoms with Crippen LogP contribution >= 0.6 is 0 Å². The van der Waals surface area contributed by atoms with Gasteiger partial charge in [0.15, 0.2) is 0 Å². The van der Waals surface area contributed by atoms with E-state index in [-0.39, 0.29) is 0 Å². The van der Waals surface area contributed by atoms with Gasteiger partial charge in [0, 0.05) is 23.3 Å². The highest BCUT2D eigenvalue weighted by molar-refractivity contribution is 5.91. The molecule has 0 unspecified atom stereocenters. The molecule has 1 aromatic carbocycles. The Balaban J connectivity index is 2.53. The van der Waals surface area contributed by atoms with Gasteiger partial charge in [0.1, 0.15) is 0 Å². The fourth-order valence-electron chi connectivity index (χ4n) is 1.54. The van der Waals surface area contributed by atoms with Crippen LogP contribution in [-0.2, 0) is 0 Å². The molecule has 1 N–H and O–H groups in total. The molecule has 14 heavy (non-hydrogen) atoms. The van der Waals surface area contributed by atoms with E-state index in [1.165, 1.54) is 5.39 Å². The van der Waals surface area contributed by atoms with Crippen LogP contribution in [-0.4, -0.2) is 11.0 Å². The zero-order chi connectivity index (χ0) is 9.97. The third kappa shape index (κ3) is 1.69. The molecule has 0 spiro atoms. The SMILES string of the molecule is CC(C)Nc1cccc2ncccc12. The van der Waals surface area contributed by atoms with E-state index < -0.39 is 0 Å². The molecular formula is C12H14N2. The van der Waals surface area contributed by atoms with Gasteiger partial charge in [-0.25, -0.2) is 0 Å². The Morgan fingerprint density at radius 3 is 2.79 bits per heavy atom. The Kier molecular flexibility index (Phi) is 2.35. The summed E-state index contributed by atoms with van der Waals surface area (Å²) >= 11 is 0. The lowest BCUT2D eigenvalue weighted by Gasteiger charge is -2.11. The van der Waals surface area contributed by atoms with Crippen molar-refractivity contribution in [1.82, 2.24) is 4.98 Å². The zero-order valence-corrected chi connectivity index (χ0v) is 8.49. The molecule has 0 bridgehead atoms. The van der Waals surface area contributed by atoms with E-state index in [2.05, 4.69) is 36.3 Å². The number of fused-ring (bicyclic) bond motifs is 1. The van der Waals surface area contributed by atoms with Crippen molar-refractivity contribution in [3.8, 4) is 0 Å². The van der Waals surface area contributed by atoms with Crippen LogP contribution < -0.4 is 5.32 Å². The molecule has 0 saturated carbocycles. The average Bonchev–Trinajstić information content (AvgIpc) is 2.18. The normalized spacial score (nSPS) is 10.8. The van der Waals surface area contributed by atoms with Crippen LogP contribution in [0, 0.1) is 0 Å². The Morgan fingerprint density at radius 2 is 2.00 bits per heavy atom. The van der Waals surface area contributed by atoms with E-state index in [0.717, 1.165) is 11.2 Å². The Morgan fingerprint density at radius 1 is 1.14 bits per heavy atom. The van der Waals surface area contributed by atoms with Crippen molar-refractivity contribution >= 4 is 16.6 Å². The third-order valence-electron chi connectivity index (χ3n) is 2.09. The van der Waals surface area contributed by atoms with Gasteiger partial charge in [-0.15, -0.1) is 0 Å². The second kappa shape index (κ2) is 3.66. The number of hydrogen-bond acceptors (Lipinski definition) is 2. The number of pyridine rings is 1. The van der Waals surface area contributed by atoms with Gasteiger partial charge >= 0.3 is 0 Å². The van der Waals surface area contributed by atoms with Crippen molar-refractivity contribution in [2.75, 3.05) is 5.32 Å². The minimum Gasteiger partial charge on any atom is -0.382 e. The Bertz CT molecular complexity index is 430. The zero-order valence-electron chi connectivity index (χ0n) is 8.49. The van der Waals surface area contributed by atoms with E-state index in [0.29, 0.717) is 6.04 Å². The highest BCUT2D eigenvalue weighted by Gasteiger charge is 2.00. The molecule has 0 aliphatic carbocycles. The third-order valence-corrected chi connectivity index (χ3v) is 2.09. The van der Waals surface area contributed by atoms with E-state index >= 15 is 0 Å². The molecular weight excluding hydrogens is 172 g/mol.